The van der Waals surface area contributed by atoms with Gasteiger partial charge in [-0.05, 0) is 18.2 Å². The van der Waals surface area contributed by atoms with Crippen LogP contribution in [0.5, 0.6) is 0 Å². The third-order valence-corrected chi connectivity index (χ3v) is 3.56. The fourth-order valence-electron chi connectivity index (χ4n) is 1.59. The number of esters is 1. The zero-order chi connectivity index (χ0) is 13.1. The second kappa shape index (κ2) is 5.75. The third-order valence-electron chi connectivity index (χ3n) is 2.49. The van der Waals surface area contributed by atoms with Gasteiger partial charge in [0.2, 0.25) is 0 Å². The van der Waals surface area contributed by atoms with Crippen molar-refractivity contribution in [2.45, 2.75) is 10.7 Å². The number of ether oxygens (including phenoxy) is 1. The molecule has 1 heterocycles. The Kier molecular flexibility index (Phi) is 4.29. The maximum atomic E-state index is 11.4. The van der Waals surface area contributed by atoms with Crippen LogP contribution >= 0.6 is 31.9 Å². The average Bonchev–Trinajstić information content (AvgIpc) is 2.44. The molecule has 0 saturated carbocycles. The number of aromatic nitrogens is 2. The summed E-state index contributed by atoms with van der Waals surface area (Å²) in [6, 6.07) is 5.16. The van der Waals surface area contributed by atoms with E-state index in [1.165, 1.54) is 7.11 Å². The first-order chi connectivity index (χ1) is 8.69. The Bertz CT molecular complexity index is 602. The minimum atomic E-state index is -0.372. The molecule has 2 rings (SSSR count). The topological polar surface area (TPSA) is 52.1 Å². The highest BCUT2D eigenvalue weighted by Gasteiger charge is 2.10. The number of benzene rings is 1. The largest absolute Gasteiger partial charge is 0.465 e. The maximum Gasteiger partial charge on any atom is 0.337 e. The van der Waals surface area contributed by atoms with E-state index in [9.17, 15) is 4.79 Å². The number of nitrogens with zero attached hydrogens (tertiary/aromatic N) is 2. The summed E-state index contributed by atoms with van der Waals surface area (Å²) in [6.07, 6.45) is 0. The van der Waals surface area contributed by atoms with Crippen molar-refractivity contribution in [3.63, 3.8) is 0 Å². The van der Waals surface area contributed by atoms with Crippen molar-refractivity contribution in [1.82, 2.24) is 9.97 Å². The predicted molar refractivity (Wildman–Crippen MR) is 76.1 cm³/mol. The van der Waals surface area contributed by atoms with Gasteiger partial charge < -0.3 is 4.74 Å². The fourth-order valence-corrected chi connectivity index (χ4v) is 2.48. The number of carbonyl (C=O) groups is 1. The predicted octanol–water partition coefficient (Wildman–Crippen LogP) is 3.21. The van der Waals surface area contributed by atoms with Gasteiger partial charge in [-0.2, -0.15) is 0 Å². The summed E-state index contributed by atoms with van der Waals surface area (Å²) in [5.74, 6) is -0.372. The maximum absolute atomic E-state index is 11.4. The molecule has 2 aromatic rings. The zero-order valence-electron chi connectivity index (χ0n) is 9.61. The van der Waals surface area contributed by atoms with Crippen LogP contribution in [0.1, 0.15) is 21.7 Å². The lowest BCUT2D eigenvalue weighted by molar-refractivity contribution is 0.0601. The molecule has 4 nitrogen and oxygen atoms in total. The van der Waals surface area contributed by atoms with Gasteiger partial charge in [0.25, 0.3) is 0 Å². The Morgan fingerprint density at radius 3 is 2.33 bits per heavy atom. The second-order valence-electron chi connectivity index (χ2n) is 3.58. The summed E-state index contributed by atoms with van der Waals surface area (Å²) in [6.45, 7) is 0. The molecule has 0 fully saturated rings. The Morgan fingerprint density at radius 1 is 1.17 bits per heavy atom. The lowest BCUT2D eigenvalue weighted by Gasteiger charge is -2.06. The number of alkyl halides is 2. The first-order valence-corrected chi connectivity index (χ1v) is 7.43. The van der Waals surface area contributed by atoms with E-state index in [-0.39, 0.29) is 5.97 Å². The van der Waals surface area contributed by atoms with Gasteiger partial charge in [-0.25, -0.2) is 14.8 Å². The standard InChI is InChI=1S/C12H10Br2N2O2/c1-18-12(17)7-2-3-8-9(4-7)16-11(6-14)10(5-13)15-8/h2-4H,5-6H2,1H3. The summed E-state index contributed by atoms with van der Waals surface area (Å²) >= 11 is 6.77. The molecule has 1 aromatic carbocycles. The van der Waals surface area contributed by atoms with Crippen LogP contribution in [0.3, 0.4) is 0 Å². The van der Waals surface area contributed by atoms with Crippen molar-refractivity contribution in [2.75, 3.05) is 7.11 Å². The molecular formula is C12H10Br2N2O2. The fraction of sp³-hybridized carbons (Fsp3) is 0.250. The molecule has 1 aromatic heterocycles. The highest BCUT2D eigenvalue weighted by atomic mass is 79.9. The van der Waals surface area contributed by atoms with Crippen molar-refractivity contribution in [3.05, 3.63) is 35.2 Å². The first kappa shape index (κ1) is 13.4. The number of carbonyl (C=O) groups excluding carboxylic acids is 1. The van der Waals surface area contributed by atoms with E-state index in [1.807, 2.05) is 0 Å². The molecule has 0 atom stereocenters. The molecule has 18 heavy (non-hydrogen) atoms. The smallest absolute Gasteiger partial charge is 0.337 e. The molecule has 94 valence electrons. The van der Waals surface area contributed by atoms with Gasteiger partial charge >= 0.3 is 5.97 Å². The van der Waals surface area contributed by atoms with E-state index < -0.39 is 0 Å². The van der Waals surface area contributed by atoms with Crippen LogP contribution in [0.2, 0.25) is 0 Å². The first-order valence-electron chi connectivity index (χ1n) is 5.19. The van der Waals surface area contributed by atoms with Gasteiger partial charge in [-0.3, -0.25) is 0 Å². The number of hydrogen-bond donors (Lipinski definition) is 0. The summed E-state index contributed by atoms with van der Waals surface area (Å²) in [5, 5.41) is 1.27. The Labute approximate surface area is 121 Å². The van der Waals surface area contributed by atoms with Crippen molar-refractivity contribution in [1.29, 1.82) is 0 Å². The quantitative estimate of drug-likeness (QED) is 0.612. The third kappa shape index (κ3) is 2.54. The Morgan fingerprint density at radius 2 is 1.78 bits per heavy atom. The average molecular weight is 374 g/mol. The number of rotatable bonds is 3. The van der Waals surface area contributed by atoms with Crippen LogP contribution < -0.4 is 0 Å². The SMILES string of the molecule is COC(=O)c1ccc2nc(CBr)c(CBr)nc2c1. The number of methoxy groups -OCH3 is 1. The molecule has 0 unspecified atom stereocenters. The van der Waals surface area contributed by atoms with Crippen LogP contribution in [0, 0.1) is 0 Å². The molecule has 0 aliphatic carbocycles. The Hall–Kier alpha value is -1.01. The van der Waals surface area contributed by atoms with Gasteiger partial charge in [0.1, 0.15) is 0 Å². The normalized spacial score (nSPS) is 10.6. The van der Waals surface area contributed by atoms with E-state index in [0.717, 1.165) is 16.9 Å². The lowest BCUT2D eigenvalue weighted by Crippen LogP contribution is -2.03. The van der Waals surface area contributed by atoms with Crippen molar-refractivity contribution < 1.29 is 9.53 Å². The monoisotopic (exact) mass is 372 g/mol. The Balaban J connectivity index is 2.59. The lowest BCUT2D eigenvalue weighted by atomic mass is 10.2. The van der Waals surface area contributed by atoms with Crippen LogP contribution in [0.4, 0.5) is 0 Å². The van der Waals surface area contributed by atoms with Gasteiger partial charge in [0.05, 0.1) is 35.1 Å². The molecular weight excluding hydrogens is 364 g/mol. The number of fused-ring (bicyclic) bond motifs is 1. The van der Waals surface area contributed by atoms with Gasteiger partial charge in [-0.1, -0.05) is 31.9 Å². The van der Waals surface area contributed by atoms with Crippen LogP contribution in [-0.2, 0) is 15.4 Å². The number of halogens is 2. The summed E-state index contributed by atoms with van der Waals surface area (Å²) in [4.78, 5) is 20.4. The molecule has 0 aliphatic rings. The van der Waals surface area contributed by atoms with E-state index in [4.69, 9.17) is 0 Å². The minimum absolute atomic E-state index is 0.372. The summed E-state index contributed by atoms with van der Waals surface area (Å²) in [7, 11) is 1.36. The van der Waals surface area contributed by atoms with Crippen molar-refractivity contribution >= 4 is 48.9 Å². The molecule has 0 radical (unpaired) electrons. The molecule has 0 amide bonds. The van der Waals surface area contributed by atoms with E-state index in [2.05, 4.69) is 46.6 Å². The molecule has 0 saturated heterocycles. The van der Waals surface area contributed by atoms with Gasteiger partial charge in [0, 0.05) is 10.7 Å². The highest BCUT2D eigenvalue weighted by molar-refractivity contribution is 9.09. The van der Waals surface area contributed by atoms with Crippen molar-refractivity contribution in [3.8, 4) is 0 Å². The summed E-state index contributed by atoms with van der Waals surface area (Å²) in [5.41, 5.74) is 3.69. The molecule has 0 N–H and O–H groups in total. The molecule has 0 bridgehead atoms. The van der Waals surface area contributed by atoms with E-state index in [0.29, 0.717) is 21.7 Å². The second-order valence-corrected chi connectivity index (χ2v) is 4.70. The van der Waals surface area contributed by atoms with Crippen molar-refractivity contribution in [2.24, 2.45) is 0 Å². The van der Waals surface area contributed by atoms with Crippen LogP contribution in [0.25, 0.3) is 11.0 Å². The van der Waals surface area contributed by atoms with Gasteiger partial charge in [0.15, 0.2) is 0 Å². The minimum Gasteiger partial charge on any atom is -0.465 e. The molecule has 0 aliphatic heterocycles. The highest BCUT2D eigenvalue weighted by Crippen LogP contribution is 2.18. The van der Waals surface area contributed by atoms with Crippen LogP contribution in [-0.4, -0.2) is 23.0 Å². The van der Waals surface area contributed by atoms with E-state index in [1.54, 1.807) is 18.2 Å². The van der Waals surface area contributed by atoms with Crippen LogP contribution in [0.15, 0.2) is 18.2 Å². The van der Waals surface area contributed by atoms with E-state index >= 15 is 0 Å². The molecule has 6 heteroatoms. The van der Waals surface area contributed by atoms with Gasteiger partial charge in [-0.15, -0.1) is 0 Å². The zero-order valence-corrected chi connectivity index (χ0v) is 12.8. The number of hydrogen-bond acceptors (Lipinski definition) is 4. The molecule has 0 spiro atoms. The summed E-state index contributed by atoms with van der Waals surface area (Å²) < 4.78 is 4.68.